The Morgan fingerprint density at radius 2 is 2.00 bits per heavy atom. The minimum Gasteiger partial charge on any atom is -0.497 e. The molecule has 4 heteroatoms. The number of ether oxygens (including phenoxy) is 1. The van der Waals surface area contributed by atoms with E-state index in [-0.39, 0.29) is 0 Å². The molecule has 3 nitrogen and oxygen atoms in total. The summed E-state index contributed by atoms with van der Waals surface area (Å²) in [6, 6.07) is 13.7. The molecule has 0 spiro atoms. The van der Waals surface area contributed by atoms with Crippen molar-refractivity contribution in [3.63, 3.8) is 0 Å². The fourth-order valence-corrected chi connectivity index (χ4v) is 2.53. The fraction of sp³-hybridized carbons (Fsp3) is 0.167. The quantitative estimate of drug-likeness (QED) is 0.692. The van der Waals surface area contributed by atoms with E-state index in [2.05, 4.69) is 16.0 Å². The predicted octanol–water partition coefficient (Wildman–Crippen LogP) is 4.49. The minimum atomic E-state index is 0.742. The number of halogens is 1. The van der Waals surface area contributed by atoms with Gasteiger partial charge in [0.15, 0.2) is 0 Å². The van der Waals surface area contributed by atoms with E-state index in [1.807, 2.05) is 48.8 Å². The average molecular weight is 313 g/mol. The van der Waals surface area contributed by atoms with E-state index in [9.17, 15) is 0 Å². The van der Waals surface area contributed by atoms with Gasteiger partial charge in [0.2, 0.25) is 0 Å². The largest absolute Gasteiger partial charge is 0.497 e. The highest BCUT2D eigenvalue weighted by atomic mass is 35.5. The van der Waals surface area contributed by atoms with E-state index < -0.39 is 0 Å². The van der Waals surface area contributed by atoms with Gasteiger partial charge in [-0.3, -0.25) is 4.99 Å². The molecule has 0 radical (unpaired) electrons. The number of aromatic nitrogens is 1. The van der Waals surface area contributed by atoms with Gasteiger partial charge in [-0.25, -0.2) is 0 Å². The summed E-state index contributed by atoms with van der Waals surface area (Å²) in [5.41, 5.74) is 3.43. The maximum absolute atomic E-state index is 5.86. The Labute approximate surface area is 134 Å². The number of H-pyrrole nitrogens is 1. The van der Waals surface area contributed by atoms with Crippen LogP contribution in [0.2, 0.25) is 5.02 Å². The van der Waals surface area contributed by atoms with E-state index in [0.29, 0.717) is 0 Å². The van der Waals surface area contributed by atoms with Crippen LogP contribution in [0.25, 0.3) is 10.9 Å². The zero-order valence-corrected chi connectivity index (χ0v) is 13.1. The molecule has 0 aliphatic carbocycles. The van der Waals surface area contributed by atoms with Crippen molar-refractivity contribution < 1.29 is 4.74 Å². The van der Waals surface area contributed by atoms with Crippen molar-refractivity contribution in [3.8, 4) is 5.75 Å². The fourth-order valence-electron chi connectivity index (χ4n) is 2.40. The van der Waals surface area contributed by atoms with Gasteiger partial charge in [0, 0.05) is 40.9 Å². The number of nitrogens with zero attached hydrogens (tertiary/aromatic N) is 1. The normalized spacial score (nSPS) is 11.4. The average Bonchev–Trinajstić information content (AvgIpc) is 2.95. The monoisotopic (exact) mass is 312 g/mol. The van der Waals surface area contributed by atoms with E-state index in [4.69, 9.17) is 16.3 Å². The SMILES string of the molecule is COc1ccc2c(CCN=Cc3ccc(Cl)cc3)c[nH]c2c1. The topological polar surface area (TPSA) is 37.4 Å². The Balaban J connectivity index is 1.65. The number of hydrogen-bond acceptors (Lipinski definition) is 2. The number of benzene rings is 2. The van der Waals surface area contributed by atoms with Crippen LogP contribution in [-0.4, -0.2) is 24.9 Å². The van der Waals surface area contributed by atoms with Crippen molar-refractivity contribution in [3.05, 3.63) is 64.8 Å². The third-order valence-corrected chi connectivity index (χ3v) is 3.85. The minimum absolute atomic E-state index is 0.742. The molecule has 3 aromatic rings. The Kier molecular flexibility index (Phi) is 4.45. The van der Waals surface area contributed by atoms with Gasteiger partial charge < -0.3 is 9.72 Å². The standard InChI is InChI=1S/C18H17ClN2O/c1-22-16-6-7-17-14(12-21-18(17)10-16)8-9-20-11-13-2-4-15(19)5-3-13/h2-7,10-12,21H,8-9H2,1H3. The zero-order valence-electron chi connectivity index (χ0n) is 12.3. The summed E-state index contributed by atoms with van der Waals surface area (Å²) >= 11 is 5.86. The van der Waals surface area contributed by atoms with E-state index in [0.717, 1.165) is 34.8 Å². The van der Waals surface area contributed by atoms with Gasteiger partial charge in [0.1, 0.15) is 5.75 Å². The summed E-state index contributed by atoms with van der Waals surface area (Å²) in [6.07, 6.45) is 4.83. The van der Waals surface area contributed by atoms with Crippen LogP contribution in [0.15, 0.2) is 53.7 Å². The molecule has 0 aliphatic heterocycles. The summed E-state index contributed by atoms with van der Waals surface area (Å²) in [7, 11) is 1.68. The van der Waals surface area contributed by atoms with Gasteiger partial charge in [0.25, 0.3) is 0 Å². The van der Waals surface area contributed by atoms with Crippen molar-refractivity contribution in [2.75, 3.05) is 13.7 Å². The van der Waals surface area contributed by atoms with Gasteiger partial charge in [-0.2, -0.15) is 0 Å². The first-order valence-electron chi connectivity index (χ1n) is 7.15. The van der Waals surface area contributed by atoms with Crippen LogP contribution in [0.1, 0.15) is 11.1 Å². The van der Waals surface area contributed by atoms with Gasteiger partial charge in [-0.05, 0) is 41.8 Å². The molecule has 3 rings (SSSR count). The first-order chi connectivity index (χ1) is 10.8. The second kappa shape index (κ2) is 6.67. The maximum Gasteiger partial charge on any atom is 0.120 e. The molecule has 0 saturated carbocycles. The van der Waals surface area contributed by atoms with Crippen LogP contribution in [0.4, 0.5) is 0 Å². The van der Waals surface area contributed by atoms with Crippen LogP contribution in [0.3, 0.4) is 0 Å². The molecule has 0 aliphatic rings. The molecule has 112 valence electrons. The van der Waals surface area contributed by atoms with Crippen molar-refractivity contribution >= 4 is 28.7 Å². The Hall–Kier alpha value is -2.26. The molecule has 1 N–H and O–H groups in total. The second-order valence-electron chi connectivity index (χ2n) is 5.06. The highest BCUT2D eigenvalue weighted by molar-refractivity contribution is 6.30. The summed E-state index contributed by atoms with van der Waals surface area (Å²) in [5.74, 6) is 0.863. The van der Waals surface area contributed by atoms with Crippen molar-refractivity contribution in [1.82, 2.24) is 4.98 Å². The first kappa shape index (κ1) is 14.7. The molecular weight excluding hydrogens is 296 g/mol. The third kappa shape index (κ3) is 3.31. The predicted molar refractivity (Wildman–Crippen MR) is 92.5 cm³/mol. The number of nitrogens with one attached hydrogen (secondary N) is 1. The molecule has 2 aromatic carbocycles. The Morgan fingerprint density at radius 1 is 1.18 bits per heavy atom. The third-order valence-electron chi connectivity index (χ3n) is 3.60. The van der Waals surface area contributed by atoms with Gasteiger partial charge in [-0.1, -0.05) is 23.7 Å². The van der Waals surface area contributed by atoms with Crippen molar-refractivity contribution in [2.45, 2.75) is 6.42 Å². The molecule has 22 heavy (non-hydrogen) atoms. The molecule has 0 saturated heterocycles. The molecule has 0 fully saturated rings. The Bertz CT molecular complexity index is 790. The lowest BCUT2D eigenvalue weighted by molar-refractivity contribution is 0.415. The Morgan fingerprint density at radius 3 is 2.77 bits per heavy atom. The van der Waals surface area contributed by atoms with Gasteiger partial charge >= 0.3 is 0 Å². The lowest BCUT2D eigenvalue weighted by Gasteiger charge is -2.00. The highest BCUT2D eigenvalue weighted by Crippen LogP contribution is 2.23. The molecular formula is C18H17ClN2O. The molecule has 1 heterocycles. The van der Waals surface area contributed by atoms with Crippen LogP contribution in [0.5, 0.6) is 5.75 Å². The number of aliphatic imine (C=N–C) groups is 1. The van der Waals surface area contributed by atoms with Gasteiger partial charge in [-0.15, -0.1) is 0 Å². The van der Waals surface area contributed by atoms with Crippen LogP contribution in [-0.2, 0) is 6.42 Å². The van der Waals surface area contributed by atoms with Crippen LogP contribution >= 0.6 is 11.6 Å². The number of fused-ring (bicyclic) bond motifs is 1. The zero-order chi connectivity index (χ0) is 15.4. The molecule has 0 atom stereocenters. The number of aromatic amines is 1. The summed E-state index contributed by atoms with van der Waals surface area (Å²) in [6.45, 7) is 0.752. The van der Waals surface area contributed by atoms with E-state index in [1.54, 1.807) is 7.11 Å². The lowest BCUT2D eigenvalue weighted by atomic mass is 10.1. The molecule has 0 bridgehead atoms. The lowest BCUT2D eigenvalue weighted by Crippen LogP contribution is -1.90. The summed E-state index contributed by atoms with van der Waals surface area (Å²) in [4.78, 5) is 7.76. The number of methoxy groups -OCH3 is 1. The highest BCUT2D eigenvalue weighted by Gasteiger charge is 2.04. The molecule has 0 amide bonds. The van der Waals surface area contributed by atoms with E-state index in [1.165, 1.54) is 10.9 Å². The van der Waals surface area contributed by atoms with Gasteiger partial charge in [0.05, 0.1) is 7.11 Å². The second-order valence-corrected chi connectivity index (χ2v) is 5.50. The van der Waals surface area contributed by atoms with Crippen LogP contribution < -0.4 is 4.74 Å². The maximum atomic E-state index is 5.86. The number of rotatable bonds is 5. The van der Waals surface area contributed by atoms with E-state index >= 15 is 0 Å². The van der Waals surface area contributed by atoms with Crippen molar-refractivity contribution in [1.29, 1.82) is 0 Å². The molecule has 0 unspecified atom stereocenters. The first-order valence-corrected chi connectivity index (χ1v) is 7.53. The van der Waals surface area contributed by atoms with Crippen LogP contribution in [0, 0.1) is 0 Å². The smallest absolute Gasteiger partial charge is 0.120 e. The molecule has 1 aromatic heterocycles. The number of hydrogen-bond donors (Lipinski definition) is 1. The summed E-state index contributed by atoms with van der Waals surface area (Å²) in [5, 5.41) is 1.97. The summed E-state index contributed by atoms with van der Waals surface area (Å²) < 4.78 is 5.23. The van der Waals surface area contributed by atoms with Crippen molar-refractivity contribution in [2.24, 2.45) is 4.99 Å².